The molecule has 0 saturated carbocycles. The Morgan fingerprint density at radius 1 is 1.06 bits per heavy atom. The Labute approximate surface area is 95.4 Å². The molecule has 0 heterocycles. The van der Waals surface area contributed by atoms with Crippen molar-refractivity contribution in [2.75, 3.05) is 46.8 Å². The van der Waals surface area contributed by atoms with Gasteiger partial charge in [-0.15, -0.1) is 0 Å². The number of carboxylic acids is 1. The lowest BCUT2D eigenvalue weighted by Gasteiger charge is -2.08. The number of carboxylic acid groups (broad SMARTS) is 1. The Morgan fingerprint density at radius 3 is 2.06 bits per heavy atom. The van der Waals surface area contributed by atoms with Crippen LogP contribution in [0.25, 0.3) is 0 Å². The molecule has 0 aliphatic heterocycles. The van der Waals surface area contributed by atoms with Gasteiger partial charge in [-0.3, -0.25) is 0 Å². The molecule has 0 aromatic carbocycles. The first kappa shape index (κ1) is 15.3. The number of rotatable bonds is 11. The third-order valence-electron chi connectivity index (χ3n) is 1.75. The van der Waals surface area contributed by atoms with E-state index in [1.54, 1.807) is 7.11 Å². The third-order valence-corrected chi connectivity index (χ3v) is 1.75. The molecule has 0 saturated heterocycles. The van der Waals surface area contributed by atoms with Crippen LogP contribution in [-0.2, 0) is 23.7 Å². The van der Waals surface area contributed by atoms with E-state index in [2.05, 4.69) is 0 Å². The Morgan fingerprint density at radius 2 is 1.56 bits per heavy atom. The zero-order valence-corrected chi connectivity index (χ0v) is 9.81. The van der Waals surface area contributed by atoms with Gasteiger partial charge in [0.1, 0.15) is 0 Å². The van der Waals surface area contributed by atoms with E-state index in [-0.39, 0.29) is 6.61 Å². The first-order valence-corrected chi connectivity index (χ1v) is 5.17. The highest BCUT2D eigenvalue weighted by atomic mass is 16.6. The quantitative estimate of drug-likeness (QED) is 0.515. The summed E-state index contributed by atoms with van der Waals surface area (Å²) in [6.45, 7) is 4.20. The predicted octanol–water partition coefficient (Wildman–Crippen LogP) is 0.156. The average Bonchev–Trinajstić information content (AvgIpc) is 2.26. The van der Waals surface area contributed by atoms with Crippen molar-refractivity contribution in [2.45, 2.75) is 13.0 Å². The van der Waals surface area contributed by atoms with Crippen LogP contribution in [0.3, 0.4) is 0 Å². The minimum absolute atomic E-state index is 0.269. The largest absolute Gasteiger partial charge is 0.479 e. The summed E-state index contributed by atoms with van der Waals surface area (Å²) in [5, 5.41) is 8.51. The van der Waals surface area contributed by atoms with E-state index < -0.39 is 12.1 Å². The molecule has 0 unspecified atom stereocenters. The van der Waals surface area contributed by atoms with Crippen LogP contribution in [-0.4, -0.2) is 63.9 Å². The maximum absolute atomic E-state index is 10.4. The van der Waals surface area contributed by atoms with Crippen LogP contribution in [0.1, 0.15) is 6.92 Å². The molecule has 16 heavy (non-hydrogen) atoms. The predicted molar refractivity (Wildman–Crippen MR) is 56.6 cm³/mol. The zero-order valence-electron chi connectivity index (χ0n) is 9.81. The summed E-state index contributed by atoms with van der Waals surface area (Å²) in [6, 6.07) is 0. The van der Waals surface area contributed by atoms with Gasteiger partial charge < -0.3 is 24.1 Å². The molecule has 6 heteroatoms. The highest BCUT2D eigenvalue weighted by Crippen LogP contribution is 1.90. The minimum Gasteiger partial charge on any atom is -0.479 e. The van der Waals surface area contributed by atoms with Crippen molar-refractivity contribution in [3.05, 3.63) is 0 Å². The second kappa shape index (κ2) is 10.8. The molecule has 6 nitrogen and oxygen atoms in total. The number of carbonyl (C=O) groups is 1. The lowest BCUT2D eigenvalue weighted by atomic mass is 10.4. The van der Waals surface area contributed by atoms with Gasteiger partial charge in [-0.05, 0) is 6.92 Å². The van der Waals surface area contributed by atoms with Crippen LogP contribution in [0, 0.1) is 0 Å². The van der Waals surface area contributed by atoms with Gasteiger partial charge in [0.15, 0.2) is 6.10 Å². The van der Waals surface area contributed by atoms with Crippen molar-refractivity contribution in [1.82, 2.24) is 0 Å². The molecule has 0 radical (unpaired) electrons. The van der Waals surface area contributed by atoms with E-state index >= 15 is 0 Å². The van der Waals surface area contributed by atoms with Gasteiger partial charge >= 0.3 is 5.97 Å². The van der Waals surface area contributed by atoms with Crippen LogP contribution in [0.15, 0.2) is 0 Å². The summed E-state index contributed by atoms with van der Waals surface area (Å²) < 4.78 is 20.1. The van der Waals surface area contributed by atoms with Gasteiger partial charge in [0.2, 0.25) is 0 Å². The Balaban J connectivity index is 3.07. The number of aliphatic carboxylic acids is 1. The van der Waals surface area contributed by atoms with Crippen molar-refractivity contribution in [2.24, 2.45) is 0 Å². The SMILES string of the molecule is COCCOCCOCCO[C@@H](C)C(=O)O. The summed E-state index contributed by atoms with van der Waals surface area (Å²) in [5.41, 5.74) is 0. The van der Waals surface area contributed by atoms with Crippen LogP contribution in [0.4, 0.5) is 0 Å². The molecule has 1 atom stereocenters. The second-order valence-electron chi connectivity index (χ2n) is 3.07. The maximum Gasteiger partial charge on any atom is 0.332 e. The van der Waals surface area contributed by atoms with Crippen molar-refractivity contribution in [1.29, 1.82) is 0 Å². The molecule has 0 aromatic heterocycles. The number of hydrogen-bond acceptors (Lipinski definition) is 5. The molecule has 0 amide bonds. The fraction of sp³-hybridized carbons (Fsp3) is 0.900. The molecule has 1 N–H and O–H groups in total. The number of hydrogen-bond donors (Lipinski definition) is 1. The Kier molecular flexibility index (Phi) is 10.3. The average molecular weight is 236 g/mol. The van der Waals surface area contributed by atoms with E-state index in [4.69, 9.17) is 24.1 Å². The standard InChI is InChI=1S/C10H20O6/c1-9(10(11)12)16-8-7-15-6-5-14-4-3-13-2/h9H,3-8H2,1-2H3,(H,11,12)/t9-/m0/s1. The molecule has 96 valence electrons. The zero-order chi connectivity index (χ0) is 12.2. The summed E-state index contributed by atoms with van der Waals surface area (Å²) >= 11 is 0. The molecule has 0 bridgehead atoms. The highest BCUT2D eigenvalue weighted by Gasteiger charge is 2.09. The van der Waals surface area contributed by atoms with Crippen LogP contribution in [0.5, 0.6) is 0 Å². The van der Waals surface area contributed by atoms with E-state index in [1.807, 2.05) is 0 Å². The lowest BCUT2D eigenvalue weighted by molar-refractivity contribution is -0.150. The monoisotopic (exact) mass is 236 g/mol. The molecule has 0 rings (SSSR count). The smallest absolute Gasteiger partial charge is 0.332 e. The van der Waals surface area contributed by atoms with Crippen molar-refractivity contribution >= 4 is 5.97 Å². The number of methoxy groups -OCH3 is 1. The van der Waals surface area contributed by atoms with E-state index in [9.17, 15) is 4.79 Å². The lowest BCUT2D eigenvalue weighted by Crippen LogP contribution is -2.22. The molecule has 0 fully saturated rings. The maximum atomic E-state index is 10.4. The molecule has 0 aromatic rings. The van der Waals surface area contributed by atoms with E-state index in [0.717, 1.165) is 0 Å². The third kappa shape index (κ3) is 9.85. The summed E-state index contributed by atoms with van der Waals surface area (Å²) in [5.74, 6) is -0.970. The van der Waals surface area contributed by atoms with Crippen LogP contribution >= 0.6 is 0 Å². The fourth-order valence-electron chi connectivity index (χ4n) is 0.819. The van der Waals surface area contributed by atoms with Crippen LogP contribution in [0.2, 0.25) is 0 Å². The van der Waals surface area contributed by atoms with Crippen molar-refractivity contribution in [3.63, 3.8) is 0 Å². The van der Waals surface area contributed by atoms with Crippen LogP contribution < -0.4 is 0 Å². The van der Waals surface area contributed by atoms with Gasteiger partial charge in [0.05, 0.1) is 39.6 Å². The van der Waals surface area contributed by atoms with Crippen molar-refractivity contribution < 1.29 is 28.8 Å². The van der Waals surface area contributed by atoms with E-state index in [1.165, 1.54) is 6.92 Å². The van der Waals surface area contributed by atoms with Gasteiger partial charge in [0, 0.05) is 7.11 Å². The first-order valence-electron chi connectivity index (χ1n) is 5.17. The fourth-order valence-corrected chi connectivity index (χ4v) is 0.819. The summed E-state index contributed by atoms with van der Waals surface area (Å²) in [4.78, 5) is 10.4. The van der Waals surface area contributed by atoms with Gasteiger partial charge in [0.25, 0.3) is 0 Å². The molecule has 0 aliphatic rings. The Hall–Kier alpha value is -0.690. The Bertz CT molecular complexity index is 173. The van der Waals surface area contributed by atoms with Gasteiger partial charge in [-0.1, -0.05) is 0 Å². The van der Waals surface area contributed by atoms with Crippen molar-refractivity contribution in [3.8, 4) is 0 Å². The first-order chi connectivity index (χ1) is 7.68. The molecule has 0 aliphatic carbocycles. The number of ether oxygens (including phenoxy) is 4. The van der Waals surface area contributed by atoms with Gasteiger partial charge in [-0.25, -0.2) is 4.79 Å². The normalized spacial score (nSPS) is 12.6. The summed E-state index contributed by atoms with van der Waals surface area (Å²) in [6.07, 6.45) is -0.790. The second-order valence-corrected chi connectivity index (χ2v) is 3.07. The molecular formula is C10H20O6. The van der Waals surface area contributed by atoms with E-state index in [0.29, 0.717) is 33.0 Å². The summed E-state index contributed by atoms with van der Waals surface area (Å²) in [7, 11) is 1.61. The minimum atomic E-state index is -0.970. The molecule has 0 spiro atoms. The van der Waals surface area contributed by atoms with Gasteiger partial charge in [-0.2, -0.15) is 0 Å². The highest BCUT2D eigenvalue weighted by molar-refractivity contribution is 5.71. The molecular weight excluding hydrogens is 216 g/mol. The topological polar surface area (TPSA) is 74.2 Å².